The van der Waals surface area contributed by atoms with Crippen LogP contribution in [0, 0.1) is 6.92 Å². The standard InChI is InChI=1S/C11H13ClN2O4S2/c1-7-4-9(12)10(13)5-11(7)20(17,18)14-8-2-3-19(15,16)6-8/h2-5,8,14H,6,13H2,1H3. The van der Waals surface area contributed by atoms with E-state index in [1.54, 1.807) is 6.92 Å². The maximum absolute atomic E-state index is 12.2. The van der Waals surface area contributed by atoms with Gasteiger partial charge in [-0.05, 0) is 24.6 Å². The van der Waals surface area contributed by atoms with Crippen LogP contribution in [0.3, 0.4) is 0 Å². The van der Waals surface area contributed by atoms with Gasteiger partial charge in [0, 0.05) is 5.41 Å². The van der Waals surface area contributed by atoms with Crippen LogP contribution in [0.2, 0.25) is 5.02 Å². The lowest BCUT2D eigenvalue weighted by Gasteiger charge is -2.13. The summed E-state index contributed by atoms with van der Waals surface area (Å²) in [5, 5.41) is 1.27. The van der Waals surface area contributed by atoms with Gasteiger partial charge in [0.05, 0.1) is 27.4 Å². The predicted molar refractivity (Wildman–Crippen MR) is 77.6 cm³/mol. The van der Waals surface area contributed by atoms with Crippen LogP contribution in [-0.4, -0.2) is 28.6 Å². The third-order valence-corrected chi connectivity index (χ3v) is 6.18. The zero-order valence-electron chi connectivity index (χ0n) is 10.5. The number of sulfonamides is 1. The van der Waals surface area contributed by atoms with Gasteiger partial charge in [-0.1, -0.05) is 17.7 Å². The van der Waals surface area contributed by atoms with Gasteiger partial charge < -0.3 is 5.73 Å². The molecule has 110 valence electrons. The number of benzene rings is 1. The van der Waals surface area contributed by atoms with Crippen molar-refractivity contribution in [3.8, 4) is 0 Å². The highest BCUT2D eigenvalue weighted by Crippen LogP contribution is 2.26. The molecule has 3 N–H and O–H groups in total. The third-order valence-electron chi connectivity index (χ3n) is 2.82. The fraction of sp³-hybridized carbons (Fsp3) is 0.273. The summed E-state index contributed by atoms with van der Waals surface area (Å²) in [5.41, 5.74) is 6.18. The lowest BCUT2D eigenvalue weighted by Crippen LogP contribution is -2.35. The molecule has 0 bridgehead atoms. The van der Waals surface area contributed by atoms with Crippen molar-refractivity contribution in [3.63, 3.8) is 0 Å². The number of anilines is 1. The highest BCUT2D eigenvalue weighted by atomic mass is 35.5. The van der Waals surface area contributed by atoms with E-state index in [0.717, 1.165) is 5.41 Å². The molecule has 2 rings (SSSR count). The Morgan fingerprint density at radius 2 is 2.05 bits per heavy atom. The molecule has 0 saturated carbocycles. The summed E-state index contributed by atoms with van der Waals surface area (Å²) in [5.74, 6) is -0.283. The van der Waals surface area contributed by atoms with Gasteiger partial charge in [-0.15, -0.1) is 0 Å². The van der Waals surface area contributed by atoms with E-state index < -0.39 is 25.9 Å². The second kappa shape index (κ2) is 5.03. The fourth-order valence-electron chi connectivity index (χ4n) is 1.87. The molecule has 0 aliphatic carbocycles. The summed E-state index contributed by atoms with van der Waals surface area (Å²) in [6.07, 6.45) is 1.31. The zero-order chi connectivity index (χ0) is 15.1. The van der Waals surface area contributed by atoms with Crippen LogP contribution < -0.4 is 10.5 Å². The molecule has 20 heavy (non-hydrogen) atoms. The summed E-state index contributed by atoms with van der Waals surface area (Å²) in [7, 11) is -7.20. The largest absolute Gasteiger partial charge is 0.397 e. The van der Waals surface area contributed by atoms with Gasteiger partial charge in [-0.3, -0.25) is 0 Å². The molecule has 1 unspecified atom stereocenters. The highest BCUT2D eigenvalue weighted by Gasteiger charge is 2.27. The maximum Gasteiger partial charge on any atom is 0.241 e. The first-order chi connectivity index (χ1) is 9.11. The van der Waals surface area contributed by atoms with E-state index in [2.05, 4.69) is 4.72 Å². The Hall–Kier alpha value is -1.09. The lowest BCUT2D eigenvalue weighted by molar-refractivity contribution is 0.574. The van der Waals surface area contributed by atoms with E-state index in [0.29, 0.717) is 5.56 Å². The molecule has 0 aromatic heterocycles. The number of hydrogen-bond acceptors (Lipinski definition) is 5. The molecule has 1 aliphatic heterocycles. The Labute approximate surface area is 122 Å². The molecule has 9 heteroatoms. The number of nitrogen functional groups attached to an aromatic ring is 1. The number of rotatable bonds is 3. The fourth-order valence-corrected chi connectivity index (χ4v) is 4.88. The minimum Gasteiger partial charge on any atom is -0.397 e. The van der Waals surface area contributed by atoms with Gasteiger partial charge in [-0.25, -0.2) is 21.6 Å². The number of sulfone groups is 1. The number of nitrogens with one attached hydrogen (secondary N) is 1. The Kier molecular flexibility index (Phi) is 3.85. The quantitative estimate of drug-likeness (QED) is 0.795. The van der Waals surface area contributed by atoms with Crippen LogP contribution in [0.15, 0.2) is 28.5 Å². The molecule has 0 saturated heterocycles. The molecule has 1 aliphatic rings. The van der Waals surface area contributed by atoms with E-state index >= 15 is 0 Å². The zero-order valence-corrected chi connectivity index (χ0v) is 12.9. The van der Waals surface area contributed by atoms with Crippen molar-refractivity contribution in [1.82, 2.24) is 4.72 Å². The second-order valence-corrected chi connectivity index (χ2v) is 8.55. The molecule has 1 aromatic rings. The third kappa shape index (κ3) is 3.14. The van der Waals surface area contributed by atoms with E-state index in [1.807, 2.05) is 0 Å². The summed E-state index contributed by atoms with van der Waals surface area (Å²) < 4.78 is 49.4. The summed E-state index contributed by atoms with van der Waals surface area (Å²) in [4.78, 5) is -0.0166. The van der Waals surface area contributed by atoms with E-state index in [4.69, 9.17) is 17.3 Å². The van der Waals surface area contributed by atoms with Crippen molar-refractivity contribution in [3.05, 3.63) is 34.2 Å². The molecule has 6 nitrogen and oxygen atoms in total. The average Bonchev–Trinajstić information content (AvgIpc) is 2.62. The number of halogens is 1. The first kappa shape index (κ1) is 15.3. The minimum atomic E-state index is -3.87. The first-order valence-corrected chi connectivity index (χ1v) is 9.17. The van der Waals surface area contributed by atoms with Crippen molar-refractivity contribution in [1.29, 1.82) is 0 Å². The van der Waals surface area contributed by atoms with Crippen molar-refractivity contribution in [2.45, 2.75) is 17.9 Å². The predicted octanol–water partition coefficient (Wildman–Crippen LogP) is 0.820. The smallest absolute Gasteiger partial charge is 0.241 e. The van der Waals surface area contributed by atoms with Gasteiger partial charge in [0.2, 0.25) is 10.0 Å². The Morgan fingerprint density at radius 1 is 1.40 bits per heavy atom. The topological polar surface area (TPSA) is 106 Å². The van der Waals surface area contributed by atoms with Crippen molar-refractivity contribution in [2.24, 2.45) is 0 Å². The number of hydrogen-bond donors (Lipinski definition) is 2. The minimum absolute atomic E-state index is 0.0166. The Morgan fingerprint density at radius 3 is 2.60 bits per heavy atom. The summed E-state index contributed by atoms with van der Waals surface area (Å²) >= 11 is 5.81. The maximum atomic E-state index is 12.2. The van der Waals surface area contributed by atoms with E-state index in [9.17, 15) is 16.8 Å². The van der Waals surface area contributed by atoms with Crippen LogP contribution in [0.5, 0.6) is 0 Å². The molecular weight excluding hydrogens is 324 g/mol. The Bertz CT molecular complexity index is 785. The van der Waals surface area contributed by atoms with Crippen LogP contribution in [0.1, 0.15) is 5.56 Å². The lowest BCUT2D eigenvalue weighted by atomic mass is 10.2. The van der Waals surface area contributed by atoms with Gasteiger partial charge in [0.1, 0.15) is 0 Å². The number of nitrogens with two attached hydrogens (primary N) is 1. The average molecular weight is 337 g/mol. The van der Waals surface area contributed by atoms with Crippen molar-refractivity contribution < 1.29 is 16.8 Å². The summed E-state index contributed by atoms with van der Waals surface area (Å²) in [6, 6.07) is 1.93. The van der Waals surface area contributed by atoms with Gasteiger partial charge >= 0.3 is 0 Å². The normalized spacial score (nSPS) is 21.2. The number of aryl methyl sites for hydroxylation is 1. The van der Waals surface area contributed by atoms with Crippen LogP contribution in [0.25, 0.3) is 0 Å². The van der Waals surface area contributed by atoms with Crippen molar-refractivity contribution in [2.75, 3.05) is 11.5 Å². The SMILES string of the molecule is Cc1cc(Cl)c(N)cc1S(=O)(=O)NC1C=CS(=O)(=O)C1. The van der Waals surface area contributed by atoms with Gasteiger partial charge in [0.15, 0.2) is 9.84 Å². The van der Waals surface area contributed by atoms with Crippen LogP contribution >= 0.6 is 11.6 Å². The van der Waals surface area contributed by atoms with E-state index in [1.165, 1.54) is 18.2 Å². The molecular formula is C11H13ClN2O4S2. The molecule has 0 radical (unpaired) electrons. The Balaban J connectivity index is 2.33. The molecule has 0 spiro atoms. The molecule has 0 fully saturated rings. The second-order valence-electron chi connectivity index (χ2n) is 4.53. The summed E-state index contributed by atoms with van der Waals surface area (Å²) in [6.45, 7) is 1.58. The highest BCUT2D eigenvalue weighted by molar-refractivity contribution is 7.94. The monoisotopic (exact) mass is 336 g/mol. The van der Waals surface area contributed by atoms with Crippen LogP contribution in [-0.2, 0) is 19.9 Å². The van der Waals surface area contributed by atoms with E-state index in [-0.39, 0.29) is 21.4 Å². The molecule has 1 aromatic carbocycles. The van der Waals surface area contributed by atoms with Gasteiger partial charge in [0.25, 0.3) is 0 Å². The van der Waals surface area contributed by atoms with Gasteiger partial charge in [-0.2, -0.15) is 0 Å². The van der Waals surface area contributed by atoms with Crippen molar-refractivity contribution >= 4 is 37.1 Å². The van der Waals surface area contributed by atoms with Crippen LogP contribution in [0.4, 0.5) is 5.69 Å². The molecule has 1 atom stereocenters. The molecule has 0 amide bonds. The molecule has 1 heterocycles. The first-order valence-electron chi connectivity index (χ1n) is 5.60.